The Kier molecular flexibility index (Phi) is 24.1. The number of carbonyl (C=O) groups excluding carboxylic acids is 2. The van der Waals surface area contributed by atoms with Gasteiger partial charge in [0.25, 0.3) is 16.0 Å². The molecule has 2 aliphatic heterocycles. The van der Waals surface area contributed by atoms with Crippen LogP contribution in [0.15, 0.2) is 72.8 Å². The second-order valence-corrected chi connectivity index (χ2v) is 27.3. The summed E-state index contributed by atoms with van der Waals surface area (Å²) in [5.74, 6) is 7.86. The number of hydrogen-bond acceptors (Lipinski definition) is 27. The summed E-state index contributed by atoms with van der Waals surface area (Å²) in [7, 11) is -24.6. The fourth-order valence-electron chi connectivity index (χ4n) is 8.05. The lowest BCUT2D eigenvalue weighted by Crippen LogP contribution is -2.36. The third kappa shape index (κ3) is 19.2. The smallest absolute Gasteiger partial charge is 0.478 e. The van der Waals surface area contributed by atoms with Crippen LogP contribution in [-0.2, 0) is 65.6 Å². The average molecular weight is 1360 g/mol. The van der Waals surface area contributed by atoms with Crippen molar-refractivity contribution < 1.29 is 110 Å². The van der Waals surface area contributed by atoms with Gasteiger partial charge in [0.05, 0.1) is 41.4 Å². The molecule has 0 bridgehead atoms. The van der Waals surface area contributed by atoms with E-state index in [-0.39, 0.29) is 58.5 Å². The van der Waals surface area contributed by atoms with E-state index in [1.807, 2.05) is 0 Å². The highest BCUT2D eigenvalue weighted by molar-refractivity contribution is 8.76. The number of rotatable bonds is 30. The van der Waals surface area contributed by atoms with E-state index in [0.29, 0.717) is 44.1 Å². The van der Waals surface area contributed by atoms with Crippen LogP contribution in [0.4, 0.5) is 16.3 Å². The molecule has 87 heavy (non-hydrogen) atoms. The molecule has 6 rings (SSSR count). The number of phosphoric acid groups is 3. The van der Waals surface area contributed by atoms with E-state index in [4.69, 9.17) is 56.7 Å². The maximum Gasteiger partial charge on any atom is 0.490 e. The lowest BCUT2D eigenvalue weighted by atomic mass is 9.89. The molecule has 1 fully saturated rings. The van der Waals surface area contributed by atoms with E-state index in [0.717, 1.165) is 29.0 Å². The van der Waals surface area contributed by atoms with Crippen molar-refractivity contribution in [2.75, 3.05) is 62.7 Å². The van der Waals surface area contributed by atoms with Crippen LogP contribution in [0.3, 0.4) is 0 Å². The number of carboxylic acid groups (broad SMARTS) is 1. The van der Waals surface area contributed by atoms with Crippen LogP contribution < -0.4 is 44.4 Å². The van der Waals surface area contributed by atoms with Gasteiger partial charge in [0.2, 0.25) is 0 Å². The lowest BCUT2D eigenvalue weighted by Gasteiger charge is -2.21. The number of fused-ring (bicyclic) bond motifs is 2. The summed E-state index contributed by atoms with van der Waals surface area (Å²) < 4.78 is 136. The van der Waals surface area contributed by atoms with Gasteiger partial charge in [0, 0.05) is 65.1 Å². The zero-order valence-electron chi connectivity index (χ0n) is 44.2. The molecule has 0 radical (unpaired) electrons. The van der Waals surface area contributed by atoms with Gasteiger partial charge in [-0.3, -0.25) is 23.8 Å². The molecule has 2 aromatic carbocycles. The van der Waals surface area contributed by atoms with Crippen LogP contribution >= 0.6 is 45.1 Å². The summed E-state index contributed by atoms with van der Waals surface area (Å²) in [6, 6.07) is 7.48. The summed E-state index contributed by atoms with van der Waals surface area (Å²) in [6.45, 7) is -0.915. The molecule has 1 aromatic heterocycles. The van der Waals surface area contributed by atoms with Crippen molar-refractivity contribution in [3.63, 3.8) is 0 Å². The van der Waals surface area contributed by atoms with E-state index in [1.165, 1.54) is 45.9 Å². The number of carboxylic acids is 1. The number of anilines is 2. The number of nitrogen functional groups attached to an aromatic ring is 2. The van der Waals surface area contributed by atoms with E-state index in [2.05, 4.69) is 60.2 Å². The number of amides is 3. The first kappa shape index (κ1) is 69.6. The molecule has 5 atom stereocenters. The third-order valence-electron chi connectivity index (χ3n) is 11.6. The molecule has 16 N–H and O–H groups in total. The normalized spacial score (nSPS) is 16.7. The van der Waals surface area contributed by atoms with Gasteiger partial charge in [-0.25, -0.2) is 28.1 Å². The number of aromatic nitrogens is 2. The van der Waals surface area contributed by atoms with Crippen molar-refractivity contribution in [3.8, 4) is 34.3 Å². The van der Waals surface area contributed by atoms with Gasteiger partial charge in [-0.2, -0.15) is 40.6 Å². The summed E-state index contributed by atoms with van der Waals surface area (Å²) in [5, 5.41) is 28.8. The lowest BCUT2D eigenvalue weighted by molar-refractivity contribution is -0.0601. The average Bonchev–Trinajstić information content (AvgIpc) is 1.13. The highest BCUT2D eigenvalue weighted by Gasteiger charge is 2.44. The number of unbranched alkanes of at least 4 members (excludes halogenated alkanes) is 2. The zero-order valence-corrected chi connectivity index (χ0v) is 50.2. The maximum atomic E-state index is 13.5. The number of urea groups is 1. The van der Waals surface area contributed by atoms with Crippen molar-refractivity contribution in [2.45, 2.75) is 53.9 Å². The number of aromatic carboxylic acids is 1. The van der Waals surface area contributed by atoms with E-state index < -0.39 is 137 Å². The number of benzene rings is 3. The minimum atomic E-state index is -5.84. The van der Waals surface area contributed by atoms with Gasteiger partial charge in [0.1, 0.15) is 30.8 Å². The van der Waals surface area contributed by atoms with E-state index in [1.54, 1.807) is 0 Å². The molecule has 3 heterocycles. The molecular formula is C43H51N12O25P3S4. The topological polar surface area (TPSA) is 591 Å². The molecule has 0 saturated carbocycles. The van der Waals surface area contributed by atoms with Crippen molar-refractivity contribution in [3.05, 3.63) is 91.6 Å². The molecule has 1 saturated heterocycles. The van der Waals surface area contributed by atoms with E-state index in [9.17, 15) is 69.2 Å². The van der Waals surface area contributed by atoms with Gasteiger partial charge in [0.15, 0.2) is 21.1 Å². The molecule has 472 valence electrons. The summed E-state index contributed by atoms with van der Waals surface area (Å²) in [5.41, 5.74) is 17.2. The Bertz CT molecular complexity index is 4030. The van der Waals surface area contributed by atoms with Gasteiger partial charge in [-0.05, 0) is 72.8 Å². The van der Waals surface area contributed by atoms with Crippen LogP contribution in [0.5, 0.6) is 0 Å². The van der Waals surface area contributed by atoms with Crippen molar-refractivity contribution in [1.29, 1.82) is 5.41 Å². The van der Waals surface area contributed by atoms with Crippen molar-refractivity contribution >= 4 is 106 Å². The van der Waals surface area contributed by atoms with Crippen LogP contribution in [0.25, 0.3) is 43.9 Å². The second-order valence-electron chi connectivity index (χ2n) is 17.5. The molecule has 44 heteroatoms. The number of carbonyl (C=O) groups is 3. The Balaban J connectivity index is 0.922. The maximum absolute atomic E-state index is 13.5. The summed E-state index contributed by atoms with van der Waals surface area (Å²) in [4.78, 5) is 92.4. The number of hydrogen-bond donors (Lipinski definition) is 13. The number of nitrogens with zero attached hydrogens (tertiary/aromatic N) is 5. The summed E-state index contributed by atoms with van der Waals surface area (Å²) in [6.07, 6.45) is -0.916. The largest absolute Gasteiger partial charge is 0.490 e. The van der Waals surface area contributed by atoms with Crippen LogP contribution in [0.2, 0.25) is 0 Å². The number of azide groups is 1. The fourth-order valence-corrected chi connectivity index (χ4v) is 14.2. The summed E-state index contributed by atoms with van der Waals surface area (Å²) >= 11 is 0. The molecule has 2 unspecified atom stereocenters. The monoisotopic (exact) mass is 1360 g/mol. The SMILES string of the molecule is [N-]=[N+]=NCO[C@@H]1C[C@H](n2cc(C#CCNC(=O)NCCCCCOCSSCCNC(=O)c3ccc(C(=O)O)c(-c4c5ccc(=N)c(S(=O)(=O)ON)c-5oc5c(S(=O)(=O)O)c(N)ccc45)c3)c(N)nc2=O)O[C@@H]1COP(=O)(O)OP(=O)(O)OP(=O)(O)O. The van der Waals surface area contributed by atoms with Crippen LogP contribution in [-0.4, -0.2) is 137 Å². The molecular weight excluding hydrogens is 1310 g/mol. The molecule has 0 spiro atoms. The fraction of sp³-hybridized carbons (Fsp3) is 0.349. The first-order valence-corrected chi connectivity index (χ1v) is 34.1. The highest BCUT2D eigenvalue weighted by atomic mass is 33.1. The van der Waals surface area contributed by atoms with Crippen molar-refractivity contribution in [1.82, 2.24) is 25.5 Å². The van der Waals surface area contributed by atoms with Gasteiger partial charge >= 0.3 is 51.3 Å². The molecule has 37 nitrogen and oxygen atoms in total. The van der Waals surface area contributed by atoms with Gasteiger partial charge < -0.3 is 70.7 Å². The van der Waals surface area contributed by atoms with Gasteiger partial charge in [-0.1, -0.05) is 38.5 Å². The minimum Gasteiger partial charge on any atom is -0.478 e. The third-order valence-corrected chi connectivity index (χ3v) is 19.6. The Morgan fingerprint density at radius 2 is 1.70 bits per heavy atom. The van der Waals surface area contributed by atoms with Crippen molar-refractivity contribution in [2.24, 2.45) is 11.0 Å². The Morgan fingerprint density at radius 1 is 0.954 bits per heavy atom. The van der Waals surface area contributed by atoms with Crippen LogP contribution in [0, 0.1) is 17.3 Å². The minimum absolute atomic E-state index is 0.00276. The molecule has 1 aliphatic carbocycles. The zero-order chi connectivity index (χ0) is 64.1. The van der Waals surface area contributed by atoms with Gasteiger partial charge in [-0.15, -0.1) is 0 Å². The quantitative estimate of drug-likeness (QED) is 0.00255. The number of nitrogens with one attached hydrogen (secondary N) is 4. The second kappa shape index (κ2) is 30.1. The highest BCUT2D eigenvalue weighted by Crippen LogP contribution is 2.66. The standard InChI is InChI=1S/C43H51N12O25P3S4/c44-29-10-8-26-34(27-9-11-30(45)38(87(71,72)78-48)36(27)77-35(26)37(29)86(68,69)70)28-17-23(6-7-25(28)41(57)58)40(56)49-14-16-84-85-22-73-15-3-1-2-12-50-42(59)51-13-4-5-24-19-55(43(60)53-39(24)46)33-18-31(74-21-52-54-47)32(76-33)20-75-82(64,65)80-83(66,67)79-81(61,62)63/h6-11,17,19,31-33,45H,1-3,12-16,18,20-22,44,48H2,(H,49,56)(H,57,58)(H,64,65)(H,66,67)(H2,46,53,60)(H2,50,51,59)(H2,61,62,63)(H,68,69,70)/t31-,32-,33-/m1/s1. The Morgan fingerprint density at radius 3 is 2.39 bits per heavy atom. The number of phosphoric ester groups is 1. The predicted octanol–water partition coefficient (Wildman–Crippen LogP) is 2.82. The Hall–Kier alpha value is -6.54. The Labute approximate surface area is 498 Å². The molecule has 3 aromatic rings. The van der Waals surface area contributed by atoms with E-state index >= 15 is 0 Å². The van der Waals surface area contributed by atoms with Crippen LogP contribution in [0.1, 0.15) is 58.2 Å². The number of ether oxygens (including phenoxy) is 3. The first-order valence-electron chi connectivity index (χ1n) is 24.3. The molecule has 3 amide bonds. The number of nitrogens with two attached hydrogens (primary N) is 3. The molecule has 3 aliphatic rings. The first-order chi connectivity index (χ1) is 40.9. The predicted molar refractivity (Wildman–Crippen MR) is 303 cm³/mol.